The maximum absolute atomic E-state index is 13.2. The third-order valence-electron chi connectivity index (χ3n) is 4.87. The lowest BCUT2D eigenvalue weighted by atomic mass is 10.1. The van der Waals surface area contributed by atoms with E-state index in [1.54, 1.807) is 18.2 Å². The maximum Gasteiger partial charge on any atom is 0.271 e. The minimum atomic E-state index is -3.99. The first kappa shape index (κ1) is 20.6. The van der Waals surface area contributed by atoms with Crippen molar-refractivity contribution in [3.63, 3.8) is 0 Å². The molecule has 148 valence electrons. The minimum absolute atomic E-state index is 0.0198. The predicted octanol–water partition coefficient (Wildman–Crippen LogP) is 3.54. The van der Waals surface area contributed by atoms with Crippen LogP contribution >= 0.6 is 23.2 Å². The number of hydrogen-bond donors (Lipinski definition) is 2. The third-order valence-corrected chi connectivity index (χ3v) is 7.97. The SMILES string of the molecule is O=C(NNC(=O)C1(S(=O)(=O)c2ccc(Cl)cc2)CCCC1)c1ccccc1Cl. The molecule has 2 aromatic rings. The van der Waals surface area contributed by atoms with Crippen LogP contribution in [0, 0.1) is 0 Å². The molecule has 1 saturated carbocycles. The third kappa shape index (κ3) is 3.74. The van der Waals surface area contributed by atoms with Crippen molar-refractivity contribution in [2.45, 2.75) is 35.3 Å². The quantitative estimate of drug-likeness (QED) is 0.710. The highest BCUT2D eigenvalue weighted by Gasteiger charge is 2.53. The molecule has 2 aromatic carbocycles. The van der Waals surface area contributed by atoms with Gasteiger partial charge in [-0.25, -0.2) is 8.42 Å². The summed E-state index contributed by atoms with van der Waals surface area (Å²) in [6.45, 7) is 0. The van der Waals surface area contributed by atoms with Crippen molar-refractivity contribution in [1.82, 2.24) is 10.9 Å². The van der Waals surface area contributed by atoms with E-state index in [1.807, 2.05) is 0 Å². The minimum Gasteiger partial charge on any atom is -0.271 e. The molecule has 3 rings (SSSR count). The Morgan fingerprint density at radius 3 is 2.11 bits per heavy atom. The fraction of sp³-hybridized carbons (Fsp3) is 0.263. The number of halogens is 2. The van der Waals surface area contributed by atoms with Crippen LogP contribution in [0.3, 0.4) is 0 Å². The van der Waals surface area contributed by atoms with Gasteiger partial charge in [-0.2, -0.15) is 0 Å². The van der Waals surface area contributed by atoms with E-state index in [9.17, 15) is 18.0 Å². The van der Waals surface area contributed by atoms with Crippen LogP contribution in [0.15, 0.2) is 53.4 Å². The Labute approximate surface area is 173 Å². The van der Waals surface area contributed by atoms with Gasteiger partial charge < -0.3 is 0 Å². The largest absolute Gasteiger partial charge is 0.271 e. The first-order valence-electron chi connectivity index (χ1n) is 8.63. The highest BCUT2D eigenvalue weighted by atomic mass is 35.5. The smallest absolute Gasteiger partial charge is 0.271 e. The van der Waals surface area contributed by atoms with E-state index in [0.717, 1.165) is 0 Å². The van der Waals surface area contributed by atoms with E-state index < -0.39 is 26.4 Å². The van der Waals surface area contributed by atoms with Gasteiger partial charge in [-0.1, -0.05) is 48.2 Å². The molecule has 1 aliphatic rings. The topological polar surface area (TPSA) is 92.3 Å². The van der Waals surface area contributed by atoms with Crippen molar-refractivity contribution < 1.29 is 18.0 Å². The van der Waals surface area contributed by atoms with E-state index >= 15 is 0 Å². The van der Waals surface area contributed by atoms with Gasteiger partial charge in [-0.3, -0.25) is 20.4 Å². The molecule has 0 radical (unpaired) electrons. The summed E-state index contributed by atoms with van der Waals surface area (Å²) in [5.74, 6) is -1.39. The molecule has 0 atom stereocenters. The number of carbonyl (C=O) groups is 2. The Balaban J connectivity index is 1.83. The number of hydrazine groups is 1. The zero-order chi connectivity index (χ0) is 20.4. The van der Waals surface area contributed by atoms with Crippen molar-refractivity contribution in [3.8, 4) is 0 Å². The van der Waals surface area contributed by atoms with Gasteiger partial charge in [-0.05, 0) is 49.2 Å². The van der Waals surface area contributed by atoms with Crippen molar-refractivity contribution in [1.29, 1.82) is 0 Å². The molecule has 0 bridgehead atoms. The monoisotopic (exact) mass is 440 g/mol. The van der Waals surface area contributed by atoms with Crippen LogP contribution in [0.1, 0.15) is 36.0 Å². The van der Waals surface area contributed by atoms with Crippen LogP contribution in [0.25, 0.3) is 0 Å². The number of rotatable bonds is 4. The Bertz CT molecular complexity index is 1000. The zero-order valence-corrected chi connectivity index (χ0v) is 17.1. The van der Waals surface area contributed by atoms with Crippen molar-refractivity contribution in [2.24, 2.45) is 0 Å². The summed E-state index contributed by atoms with van der Waals surface area (Å²) in [5.41, 5.74) is 4.71. The van der Waals surface area contributed by atoms with Gasteiger partial charge in [0.15, 0.2) is 14.6 Å². The molecule has 0 heterocycles. The molecule has 6 nitrogen and oxygen atoms in total. The molecule has 9 heteroatoms. The number of hydrogen-bond acceptors (Lipinski definition) is 4. The molecule has 28 heavy (non-hydrogen) atoms. The molecule has 0 unspecified atom stereocenters. The van der Waals surface area contributed by atoms with Gasteiger partial charge in [-0.15, -0.1) is 0 Å². The molecule has 0 saturated heterocycles. The highest BCUT2D eigenvalue weighted by molar-refractivity contribution is 7.93. The number of carbonyl (C=O) groups excluding carboxylic acids is 2. The Kier molecular flexibility index (Phi) is 5.98. The summed E-state index contributed by atoms with van der Waals surface area (Å²) in [4.78, 5) is 25.2. The Hall–Kier alpha value is -2.09. The molecule has 2 N–H and O–H groups in total. The van der Waals surface area contributed by atoms with Crippen molar-refractivity contribution >= 4 is 44.9 Å². The van der Waals surface area contributed by atoms with E-state index in [4.69, 9.17) is 23.2 Å². The fourth-order valence-corrected chi connectivity index (χ4v) is 5.76. The van der Waals surface area contributed by atoms with Crippen LogP contribution in [0.4, 0.5) is 0 Å². The van der Waals surface area contributed by atoms with Gasteiger partial charge in [0.2, 0.25) is 0 Å². The molecule has 0 aliphatic heterocycles. The Morgan fingerprint density at radius 2 is 1.50 bits per heavy atom. The average molecular weight is 441 g/mol. The number of nitrogens with one attached hydrogen (secondary N) is 2. The Morgan fingerprint density at radius 1 is 0.893 bits per heavy atom. The molecule has 0 spiro atoms. The van der Waals surface area contributed by atoms with Crippen LogP contribution < -0.4 is 10.9 Å². The second-order valence-electron chi connectivity index (χ2n) is 6.55. The molecular formula is C19H18Cl2N2O4S. The van der Waals surface area contributed by atoms with Gasteiger partial charge in [0.05, 0.1) is 15.5 Å². The zero-order valence-electron chi connectivity index (χ0n) is 14.7. The molecule has 2 amide bonds. The summed E-state index contributed by atoms with van der Waals surface area (Å²) in [6.07, 6.45) is 1.54. The van der Waals surface area contributed by atoms with Crippen LogP contribution in [0.2, 0.25) is 10.0 Å². The molecule has 1 aliphatic carbocycles. The van der Waals surface area contributed by atoms with E-state index in [2.05, 4.69) is 10.9 Å². The normalized spacial score (nSPS) is 15.8. The number of sulfone groups is 1. The van der Waals surface area contributed by atoms with Crippen LogP contribution in [-0.2, 0) is 14.6 Å². The standard InChI is InChI=1S/C19H18Cl2N2O4S/c20-13-7-9-14(10-8-13)28(26,27)19(11-3-4-12-19)18(25)23-22-17(24)15-5-1-2-6-16(15)21/h1-2,5-10H,3-4,11-12H2,(H,22,24)(H,23,25). The molecule has 1 fully saturated rings. The van der Waals surface area contributed by atoms with Crippen LogP contribution in [-0.4, -0.2) is 25.0 Å². The molecular weight excluding hydrogens is 423 g/mol. The van der Waals surface area contributed by atoms with Crippen molar-refractivity contribution in [3.05, 3.63) is 64.1 Å². The average Bonchev–Trinajstić information content (AvgIpc) is 3.18. The lowest BCUT2D eigenvalue weighted by molar-refractivity contribution is -0.124. The molecule has 0 aromatic heterocycles. The number of amides is 2. The summed E-state index contributed by atoms with van der Waals surface area (Å²) in [7, 11) is -3.99. The summed E-state index contributed by atoms with van der Waals surface area (Å²) in [6, 6.07) is 12.0. The van der Waals surface area contributed by atoms with E-state index in [-0.39, 0.29) is 28.3 Å². The van der Waals surface area contributed by atoms with E-state index in [0.29, 0.717) is 17.9 Å². The maximum atomic E-state index is 13.2. The predicted molar refractivity (Wildman–Crippen MR) is 107 cm³/mol. The number of benzene rings is 2. The summed E-state index contributed by atoms with van der Waals surface area (Å²) >= 11 is 11.8. The second kappa shape index (κ2) is 8.11. The fourth-order valence-electron chi connectivity index (χ4n) is 3.34. The summed E-state index contributed by atoms with van der Waals surface area (Å²) in [5, 5.41) is 0.620. The van der Waals surface area contributed by atoms with Gasteiger partial charge in [0.25, 0.3) is 11.8 Å². The summed E-state index contributed by atoms with van der Waals surface area (Å²) < 4.78 is 24.8. The first-order valence-corrected chi connectivity index (χ1v) is 10.9. The van der Waals surface area contributed by atoms with Gasteiger partial charge in [0.1, 0.15) is 0 Å². The lowest BCUT2D eigenvalue weighted by Crippen LogP contribution is -2.55. The van der Waals surface area contributed by atoms with Crippen LogP contribution in [0.5, 0.6) is 0 Å². The van der Waals surface area contributed by atoms with Gasteiger partial charge in [0, 0.05) is 5.02 Å². The first-order chi connectivity index (χ1) is 13.3. The van der Waals surface area contributed by atoms with Gasteiger partial charge >= 0.3 is 0 Å². The second-order valence-corrected chi connectivity index (χ2v) is 9.65. The lowest BCUT2D eigenvalue weighted by Gasteiger charge is -2.27. The van der Waals surface area contributed by atoms with E-state index in [1.165, 1.54) is 30.3 Å². The highest BCUT2D eigenvalue weighted by Crippen LogP contribution is 2.40. The van der Waals surface area contributed by atoms with Crippen molar-refractivity contribution in [2.75, 3.05) is 0 Å².